The number of methoxy groups -OCH3 is 1. The number of ether oxygens (including phenoxy) is 2. The first-order chi connectivity index (χ1) is 21.5. The van der Waals surface area contributed by atoms with Gasteiger partial charge in [-0.25, -0.2) is 14.5 Å². The molecule has 45 heavy (non-hydrogen) atoms. The molecule has 1 aromatic heterocycles. The summed E-state index contributed by atoms with van der Waals surface area (Å²) in [6, 6.07) is 18.7. The van der Waals surface area contributed by atoms with Gasteiger partial charge in [0, 0.05) is 36.2 Å². The van der Waals surface area contributed by atoms with Crippen molar-refractivity contribution in [2.75, 3.05) is 30.9 Å². The highest BCUT2D eigenvalue weighted by Gasteiger charge is 2.31. The molecule has 4 aromatic rings. The van der Waals surface area contributed by atoms with Crippen LogP contribution in [0.1, 0.15) is 43.7 Å². The highest BCUT2D eigenvalue weighted by atomic mass is 32.2. The summed E-state index contributed by atoms with van der Waals surface area (Å²) < 4.78 is 48.1. The van der Waals surface area contributed by atoms with E-state index in [2.05, 4.69) is 49.9 Å². The molecule has 0 aliphatic carbocycles. The summed E-state index contributed by atoms with van der Waals surface area (Å²) in [5.74, 6) is 2.06. The first-order valence-corrected chi connectivity index (χ1v) is 15.3. The number of amidine groups is 1. The normalized spacial score (nSPS) is 15.0. The predicted octanol–water partition coefficient (Wildman–Crippen LogP) is 7.39. The van der Waals surface area contributed by atoms with Crippen molar-refractivity contribution in [1.29, 1.82) is 0 Å². The fraction of sp³-hybridized carbons (Fsp3) is 0.312. The Hall–Kier alpha value is -4.52. The number of urea groups is 1. The number of amides is 2. The van der Waals surface area contributed by atoms with Gasteiger partial charge in [0.25, 0.3) is 0 Å². The van der Waals surface area contributed by atoms with E-state index in [4.69, 9.17) is 4.74 Å². The van der Waals surface area contributed by atoms with Crippen LogP contribution in [0.2, 0.25) is 0 Å². The molecule has 1 aliphatic rings. The second-order valence-corrected chi connectivity index (χ2v) is 11.8. The molecule has 1 atom stereocenters. The number of thioether (sulfide) groups is 1. The van der Waals surface area contributed by atoms with Gasteiger partial charge in [-0.3, -0.25) is 0 Å². The topological polar surface area (TPSA) is 93.9 Å². The van der Waals surface area contributed by atoms with E-state index < -0.39 is 12.4 Å². The zero-order valence-electron chi connectivity index (χ0n) is 25.2. The summed E-state index contributed by atoms with van der Waals surface area (Å²) in [6.07, 6.45) is -3.26. The van der Waals surface area contributed by atoms with Crippen molar-refractivity contribution in [3.05, 3.63) is 84.2 Å². The zero-order chi connectivity index (χ0) is 32.1. The minimum atomic E-state index is -4.75. The summed E-state index contributed by atoms with van der Waals surface area (Å²) in [4.78, 5) is 23.7. The minimum Gasteiger partial charge on any atom is -0.497 e. The van der Waals surface area contributed by atoms with Gasteiger partial charge in [0.2, 0.25) is 0 Å². The number of alkyl halides is 3. The molecule has 0 spiro atoms. The van der Waals surface area contributed by atoms with E-state index in [1.165, 1.54) is 40.8 Å². The summed E-state index contributed by atoms with van der Waals surface area (Å²) >= 11 is 1.55. The molecule has 1 N–H and O–H groups in total. The summed E-state index contributed by atoms with van der Waals surface area (Å²) in [6.45, 7) is 7.44. The van der Waals surface area contributed by atoms with Gasteiger partial charge in [0.1, 0.15) is 17.8 Å². The van der Waals surface area contributed by atoms with Crippen LogP contribution in [0.3, 0.4) is 0 Å². The van der Waals surface area contributed by atoms with Gasteiger partial charge in [-0.2, -0.15) is 4.99 Å². The molecule has 2 amide bonds. The number of anilines is 1. The highest BCUT2D eigenvalue weighted by molar-refractivity contribution is 8.14. The van der Waals surface area contributed by atoms with Gasteiger partial charge in [0.05, 0.1) is 12.8 Å². The minimum absolute atomic E-state index is 0.0180. The number of aromatic nitrogens is 3. The van der Waals surface area contributed by atoms with E-state index in [1.807, 2.05) is 43.3 Å². The van der Waals surface area contributed by atoms with Crippen LogP contribution in [-0.4, -0.2) is 58.3 Å². The maximum absolute atomic E-state index is 12.9. The van der Waals surface area contributed by atoms with E-state index in [1.54, 1.807) is 18.9 Å². The van der Waals surface area contributed by atoms with Crippen LogP contribution in [0.25, 0.3) is 17.1 Å². The van der Waals surface area contributed by atoms with Gasteiger partial charge in [-0.1, -0.05) is 62.9 Å². The molecule has 3 aromatic carbocycles. The van der Waals surface area contributed by atoms with Gasteiger partial charge in [-0.05, 0) is 53.3 Å². The maximum Gasteiger partial charge on any atom is 0.573 e. The van der Waals surface area contributed by atoms with Gasteiger partial charge < -0.3 is 19.7 Å². The first-order valence-electron chi connectivity index (χ1n) is 14.3. The number of hydrogen-bond donors (Lipinski definition) is 1. The Labute approximate surface area is 263 Å². The molecule has 2 heterocycles. The lowest BCUT2D eigenvalue weighted by molar-refractivity contribution is -0.274. The van der Waals surface area contributed by atoms with E-state index in [0.717, 1.165) is 34.9 Å². The van der Waals surface area contributed by atoms with Crippen LogP contribution in [0, 0.1) is 0 Å². The van der Waals surface area contributed by atoms with Crippen LogP contribution in [0.4, 0.5) is 23.7 Å². The summed E-state index contributed by atoms with van der Waals surface area (Å²) in [7, 11) is 1.64. The van der Waals surface area contributed by atoms with E-state index in [0.29, 0.717) is 29.1 Å². The number of halogens is 3. The molecular weight excluding hydrogens is 605 g/mol. The van der Waals surface area contributed by atoms with E-state index >= 15 is 0 Å². The number of aliphatic imine (C=N–C) groups is 1. The Morgan fingerprint density at radius 1 is 1.04 bits per heavy atom. The molecule has 1 aliphatic heterocycles. The molecule has 0 bridgehead atoms. The molecule has 13 heteroatoms. The SMILES string of the molecule is COc1ccc(C(C)C)c(N2CCSC2=NC(=O)NCC(C)c2ccc(-c3ncn(-c4ccc(OC(F)(F)F)cc4)n3)cc2)c1. The number of hydrogen-bond acceptors (Lipinski definition) is 6. The quantitative estimate of drug-likeness (QED) is 0.204. The van der Waals surface area contributed by atoms with Crippen molar-refractivity contribution in [2.45, 2.75) is 39.0 Å². The largest absolute Gasteiger partial charge is 0.573 e. The fourth-order valence-electron chi connectivity index (χ4n) is 4.86. The summed E-state index contributed by atoms with van der Waals surface area (Å²) in [5.41, 5.74) is 4.49. The van der Waals surface area contributed by atoms with Crippen molar-refractivity contribution < 1.29 is 27.4 Å². The number of nitrogens with zero attached hydrogens (tertiary/aromatic N) is 5. The van der Waals surface area contributed by atoms with Crippen molar-refractivity contribution >= 4 is 28.6 Å². The molecule has 0 radical (unpaired) electrons. The van der Waals surface area contributed by atoms with Crippen molar-refractivity contribution in [3.8, 4) is 28.6 Å². The van der Waals surface area contributed by atoms with Gasteiger partial charge in [-0.15, -0.1) is 18.3 Å². The molecule has 1 saturated heterocycles. The fourth-order valence-corrected chi connectivity index (χ4v) is 5.81. The molecule has 9 nitrogen and oxygen atoms in total. The predicted molar refractivity (Wildman–Crippen MR) is 170 cm³/mol. The van der Waals surface area contributed by atoms with Gasteiger partial charge >= 0.3 is 12.4 Å². The Morgan fingerprint density at radius 3 is 2.42 bits per heavy atom. The van der Waals surface area contributed by atoms with Crippen LogP contribution in [-0.2, 0) is 0 Å². The Balaban J connectivity index is 1.19. The third-order valence-electron chi connectivity index (χ3n) is 7.25. The van der Waals surface area contributed by atoms with Crippen molar-refractivity contribution in [1.82, 2.24) is 20.1 Å². The first kappa shape index (κ1) is 31.9. The Kier molecular flexibility index (Phi) is 9.66. The van der Waals surface area contributed by atoms with Crippen molar-refractivity contribution in [2.24, 2.45) is 4.99 Å². The zero-order valence-corrected chi connectivity index (χ0v) is 26.0. The Morgan fingerprint density at radius 2 is 1.76 bits per heavy atom. The van der Waals surface area contributed by atoms with Crippen LogP contribution in [0.5, 0.6) is 11.5 Å². The molecule has 1 unspecified atom stereocenters. The maximum atomic E-state index is 12.9. The van der Waals surface area contributed by atoms with Gasteiger partial charge in [0.15, 0.2) is 11.0 Å². The molecular formula is C32H33F3N6O3S. The smallest absolute Gasteiger partial charge is 0.497 e. The molecule has 5 rings (SSSR count). The average Bonchev–Trinajstić information content (AvgIpc) is 3.69. The van der Waals surface area contributed by atoms with Crippen LogP contribution < -0.4 is 19.7 Å². The molecule has 236 valence electrons. The number of nitrogens with one attached hydrogen (secondary N) is 1. The standard InChI is InChI=1S/C32H33F3N6O3S/c1-20(2)27-14-13-26(43-4)17-28(27)40-15-16-45-31(40)38-30(42)36-18-21(3)22-5-7-23(8-6-22)29-37-19-41(39-29)24-9-11-25(12-10-24)44-32(33,34)35/h5-14,17,19-21H,15-16,18H2,1-4H3,(H,36,42). The lowest BCUT2D eigenvalue weighted by Crippen LogP contribution is -2.30. The van der Waals surface area contributed by atoms with Crippen LogP contribution in [0.15, 0.2) is 78.0 Å². The lowest BCUT2D eigenvalue weighted by Gasteiger charge is -2.23. The van der Waals surface area contributed by atoms with Crippen LogP contribution >= 0.6 is 11.8 Å². The number of benzene rings is 3. The number of carbonyl (C=O) groups excluding carboxylic acids is 1. The third-order valence-corrected chi connectivity index (χ3v) is 8.21. The summed E-state index contributed by atoms with van der Waals surface area (Å²) in [5, 5.41) is 8.05. The second kappa shape index (κ2) is 13.6. The van der Waals surface area contributed by atoms with Crippen molar-refractivity contribution in [3.63, 3.8) is 0 Å². The monoisotopic (exact) mass is 638 g/mol. The average molecular weight is 639 g/mol. The molecule has 0 saturated carbocycles. The lowest BCUT2D eigenvalue weighted by atomic mass is 10.00. The Bertz CT molecular complexity index is 1660. The van der Waals surface area contributed by atoms with E-state index in [-0.39, 0.29) is 11.7 Å². The number of rotatable bonds is 9. The highest BCUT2D eigenvalue weighted by Crippen LogP contribution is 2.35. The second-order valence-electron chi connectivity index (χ2n) is 10.7. The number of carbonyl (C=O) groups is 1. The third kappa shape index (κ3) is 7.96. The molecule has 1 fully saturated rings. The van der Waals surface area contributed by atoms with E-state index in [9.17, 15) is 18.0 Å².